The van der Waals surface area contributed by atoms with Crippen LogP contribution in [-0.2, 0) is 5.92 Å². The van der Waals surface area contributed by atoms with E-state index < -0.39 is 12.5 Å². The first-order chi connectivity index (χ1) is 15.3. The normalized spacial score (nSPS) is 19.0. The predicted octanol–water partition coefficient (Wildman–Crippen LogP) is 3.74. The molecule has 1 aromatic carbocycles. The van der Waals surface area contributed by atoms with Crippen molar-refractivity contribution in [1.29, 1.82) is 0 Å². The summed E-state index contributed by atoms with van der Waals surface area (Å²) in [6, 6.07) is 6.60. The van der Waals surface area contributed by atoms with Crippen LogP contribution >= 0.6 is 0 Å². The number of benzene rings is 1. The van der Waals surface area contributed by atoms with Gasteiger partial charge in [0.15, 0.2) is 12.4 Å². The average molecular weight is 440 g/mol. The van der Waals surface area contributed by atoms with Crippen molar-refractivity contribution in [3.8, 4) is 5.75 Å². The maximum Gasteiger partial charge on any atom is 0.310 e. The summed E-state index contributed by atoms with van der Waals surface area (Å²) in [5.41, 5.74) is 1.40. The molecule has 2 aliphatic rings. The fourth-order valence-corrected chi connectivity index (χ4v) is 4.34. The van der Waals surface area contributed by atoms with E-state index in [1.54, 1.807) is 12.1 Å². The van der Waals surface area contributed by atoms with Gasteiger partial charge in [0.25, 0.3) is 0 Å². The van der Waals surface area contributed by atoms with Crippen LogP contribution in [0.1, 0.15) is 29.8 Å². The summed E-state index contributed by atoms with van der Waals surface area (Å²) in [6.07, 6.45) is 1.84. The molecule has 1 atom stereocenters. The molecule has 0 unspecified atom stereocenters. The van der Waals surface area contributed by atoms with Crippen molar-refractivity contribution < 1.29 is 13.5 Å². The zero-order valence-corrected chi connectivity index (χ0v) is 18.4. The number of nitrogens with one attached hydrogen (secondary N) is 1. The van der Waals surface area contributed by atoms with Crippen LogP contribution in [0.5, 0.6) is 5.75 Å². The second-order valence-corrected chi connectivity index (χ2v) is 8.60. The van der Waals surface area contributed by atoms with Crippen molar-refractivity contribution in [2.24, 2.45) is 0 Å². The summed E-state index contributed by atoms with van der Waals surface area (Å²) in [7, 11) is 2.12. The quantitative estimate of drug-likeness (QED) is 0.663. The fraction of sp³-hybridized carbons (Fsp3) is 0.435. The van der Waals surface area contributed by atoms with Crippen molar-refractivity contribution >= 4 is 22.4 Å². The van der Waals surface area contributed by atoms with Crippen molar-refractivity contribution in [3.63, 3.8) is 0 Å². The van der Waals surface area contributed by atoms with Gasteiger partial charge < -0.3 is 19.9 Å². The number of piperazine rings is 1. The van der Waals surface area contributed by atoms with Gasteiger partial charge in [-0.1, -0.05) is 12.1 Å². The van der Waals surface area contributed by atoms with E-state index in [0.29, 0.717) is 11.4 Å². The number of ether oxygens (including phenoxy) is 1. The van der Waals surface area contributed by atoms with Gasteiger partial charge in [-0.3, -0.25) is 0 Å². The number of para-hydroxylation sites is 1. The molecular weight excluding hydrogens is 414 g/mol. The largest absolute Gasteiger partial charge is 0.486 e. The van der Waals surface area contributed by atoms with Gasteiger partial charge in [0.05, 0.1) is 17.3 Å². The molecule has 1 fully saturated rings. The second-order valence-electron chi connectivity index (χ2n) is 8.60. The van der Waals surface area contributed by atoms with Gasteiger partial charge in [-0.05, 0) is 33.0 Å². The summed E-state index contributed by atoms with van der Waals surface area (Å²) >= 11 is 0. The molecule has 0 bridgehead atoms. The molecule has 2 aromatic heterocycles. The lowest BCUT2D eigenvalue weighted by Crippen LogP contribution is -2.44. The number of alkyl halides is 2. The molecule has 0 saturated carbocycles. The molecule has 168 valence electrons. The molecule has 1 N–H and O–H groups in total. The summed E-state index contributed by atoms with van der Waals surface area (Å²) in [4.78, 5) is 9.23. The smallest absolute Gasteiger partial charge is 0.310 e. The van der Waals surface area contributed by atoms with Gasteiger partial charge in [-0.2, -0.15) is 13.9 Å². The van der Waals surface area contributed by atoms with E-state index in [1.165, 1.54) is 6.07 Å². The van der Waals surface area contributed by atoms with Crippen LogP contribution in [0.25, 0.3) is 10.8 Å². The summed E-state index contributed by atoms with van der Waals surface area (Å²) in [5.74, 6) is -1.22. The summed E-state index contributed by atoms with van der Waals surface area (Å²) < 4.78 is 33.6. The van der Waals surface area contributed by atoms with Gasteiger partial charge in [0, 0.05) is 48.7 Å². The van der Waals surface area contributed by atoms with Crippen LogP contribution in [-0.4, -0.2) is 59.9 Å². The van der Waals surface area contributed by atoms with Crippen molar-refractivity contribution in [1.82, 2.24) is 20.1 Å². The highest BCUT2D eigenvalue weighted by atomic mass is 19.3. The highest BCUT2D eigenvalue weighted by Gasteiger charge is 2.42. The first-order valence-electron chi connectivity index (χ1n) is 10.8. The molecule has 32 heavy (non-hydrogen) atoms. The number of anilines is 2. The van der Waals surface area contributed by atoms with Gasteiger partial charge in [-0.15, -0.1) is 5.10 Å². The lowest BCUT2D eigenvalue weighted by Gasteiger charge is -2.33. The van der Waals surface area contributed by atoms with Gasteiger partial charge in [0.1, 0.15) is 11.6 Å². The average Bonchev–Trinajstić information content (AvgIpc) is 3.11. The Kier molecular flexibility index (Phi) is 5.08. The number of pyridine rings is 1. The van der Waals surface area contributed by atoms with Crippen molar-refractivity contribution in [2.75, 3.05) is 50.1 Å². The number of hydrogen-bond acceptors (Lipinski definition) is 7. The SMILES string of the molecule is Cc1nnc(N[C@H](C)c2cccc3c2OCC3(F)F)c2cc(N3CCN(C)CC3)ncc12. The number of fused-ring (bicyclic) bond motifs is 2. The highest BCUT2D eigenvalue weighted by molar-refractivity contribution is 5.94. The van der Waals surface area contributed by atoms with Crippen LogP contribution in [0.4, 0.5) is 20.4 Å². The number of aryl methyl sites for hydroxylation is 1. The van der Waals surface area contributed by atoms with Crippen LogP contribution in [0.15, 0.2) is 30.5 Å². The molecule has 0 spiro atoms. The number of nitrogens with zero attached hydrogens (tertiary/aromatic N) is 5. The maximum absolute atomic E-state index is 14.1. The molecule has 0 amide bonds. The molecule has 9 heteroatoms. The van der Waals surface area contributed by atoms with Crippen LogP contribution in [0.2, 0.25) is 0 Å². The zero-order chi connectivity index (χ0) is 22.5. The van der Waals surface area contributed by atoms with E-state index in [9.17, 15) is 8.78 Å². The van der Waals surface area contributed by atoms with E-state index in [2.05, 4.69) is 37.3 Å². The lowest BCUT2D eigenvalue weighted by molar-refractivity contribution is -0.0214. The van der Waals surface area contributed by atoms with Gasteiger partial charge in [0.2, 0.25) is 0 Å². The monoisotopic (exact) mass is 440 g/mol. The summed E-state index contributed by atoms with van der Waals surface area (Å²) in [6.45, 7) is 6.98. The Morgan fingerprint density at radius 1 is 1.12 bits per heavy atom. The Morgan fingerprint density at radius 3 is 2.69 bits per heavy atom. The number of rotatable bonds is 4. The third-order valence-electron chi connectivity index (χ3n) is 6.32. The number of hydrogen-bond donors (Lipinski definition) is 1. The maximum atomic E-state index is 14.1. The summed E-state index contributed by atoms with van der Waals surface area (Å²) in [5, 5.41) is 13.9. The fourth-order valence-electron chi connectivity index (χ4n) is 4.34. The Morgan fingerprint density at radius 2 is 1.91 bits per heavy atom. The van der Waals surface area contributed by atoms with Crippen molar-refractivity contribution in [2.45, 2.75) is 25.8 Å². The minimum atomic E-state index is -2.97. The van der Waals surface area contributed by atoms with E-state index in [1.807, 2.05) is 26.1 Å². The molecule has 4 heterocycles. The predicted molar refractivity (Wildman–Crippen MR) is 120 cm³/mol. The van der Waals surface area contributed by atoms with E-state index >= 15 is 0 Å². The third-order valence-corrected chi connectivity index (χ3v) is 6.32. The second kappa shape index (κ2) is 7.81. The first-order valence-corrected chi connectivity index (χ1v) is 10.8. The van der Waals surface area contributed by atoms with Crippen LogP contribution in [0, 0.1) is 6.92 Å². The zero-order valence-electron chi connectivity index (χ0n) is 18.4. The molecule has 5 rings (SSSR count). The third kappa shape index (κ3) is 3.60. The number of halogens is 2. The first kappa shape index (κ1) is 20.8. The Bertz CT molecular complexity index is 1160. The highest BCUT2D eigenvalue weighted by Crippen LogP contribution is 2.45. The number of aromatic nitrogens is 3. The molecule has 0 radical (unpaired) electrons. The molecule has 1 saturated heterocycles. The molecule has 7 nitrogen and oxygen atoms in total. The molecule has 0 aliphatic carbocycles. The molecular formula is C23H26F2N6O. The van der Waals surface area contributed by atoms with Crippen LogP contribution in [0.3, 0.4) is 0 Å². The van der Waals surface area contributed by atoms with Gasteiger partial charge in [-0.25, -0.2) is 4.98 Å². The van der Waals surface area contributed by atoms with E-state index in [0.717, 1.165) is 48.5 Å². The Labute approximate surface area is 185 Å². The minimum Gasteiger partial charge on any atom is -0.486 e. The Balaban J connectivity index is 1.49. The number of likely N-dealkylation sites (N-methyl/N-ethyl adjacent to an activating group) is 1. The minimum absolute atomic E-state index is 0.0648. The Hall–Kier alpha value is -3.07. The van der Waals surface area contributed by atoms with Crippen molar-refractivity contribution in [3.05, 3.63) is 47.3 Å². The standard InChI is InChI=1S/C23H26F2N6O/c1-14(16-5-4-6-19-21(16)32-13-23(19,24)25)27-22-17-11-20(31-9-7-30(3)8-10-31)26-12-18(17)15(2)28-29-22/h4-6,11-12,14H,7-10,13H2,1-3H3,(H,27,29)/t14-/m1/s1. The van der Waals surface area contributed by atoms with Crippen LogP contribution < -0.4 is 15.0 Å². The molecule has 3 aromatic rings. The van der Waals surface area contributed by atoms with E-state index in [4.69, 9.17) is 4.74 Å². The van der Waals surface area contributed by atoms with E-state index in [-0.39, 0.29) is 17.4 Å². The molecule has 2 aliphatic heterocycles. The topological polar surface area (TPSA) is 66.4 Å². The lowest BCUT2D eigenvalue weighted by atomic mass is 10.0. The van der Waals surface area contributed by atoms with Gasteiger partial charge >= 0.3 is 5.92 Å².